The number of nitrogens with zero attached hydrogens (tertiary/aromatic N) is 6. The Morgan fingerprint density at radius 2 is 1.73 bits per heavy atom. The number of carbonyl (C=O) groups is 1. The standard InChI is InChI=1S/C30H32FN7O5S.C4H8.2C2H6/c1-6-41-19(5)37-16-21(15-33-37)26-27(43-18(3)4)28-35-30(36-38(28)17-32-26)34-25-12-11-23(14-24(25)31)44(40)22-10-8-9-20(13-22)29(39)42-7-2;1-3-4-2;2*1-2/h8-19H,6-7H2,1-5H3,(H,34,36);3H,1,4H2,2H3;2*1-2H3. The average Bonchev–Trinajstić information content (AvgIpc) is 3.82. The molecular weight excluding hydrogens is 686 g/mol. The van der Waals surface area contributed by atoms with Gasteiger partial charge in [-0.1, -0.05) is 46.8 Å². The summed E-state index contributed by atoms with van der Waals surface area (Å²) in [6.45, 7) is 23.6. The molecule has 0 aliphatic rings. The molecule has 0 aliphatic heterocycles. The predicted octanol–water partition coefficient (Wildman–Crippen LogP) is 9.19. The monoisotopic (exact) mass is 737 g/mol. The van der Waals surface area contributed by atoms with E-state index in [1.165, 1.54) is 35.1 Å². The summed E-state index contributed by atoms with van der Waals surface area (Å²) in [7, 11) is -1.74. The summed E-state index contributed by atoms with van der Waals surface area (Å²) in [5.74, 6) is -0.687. The molecule has 52 heavy (non-hydrogen) atoms. The van der Waals surface area contributed by atoms with E-state index in [-0.39, 0.29) is 41.0 Å². The van der Waals surface area contributed by atoms with Crippen molar-refractivity contribution in [2.45, 2.75) is 97.8 Å². The quantitative estimate of drug-likeness (QED) is 0.0921. The summed E-state index contributed by atoms with van der Waals surface area (Å²) in [4.78, 5) is 21.8. The number of esters is 1. The second-order valence-corrected chi connectivity index (χ2v) is 12.0. The fourth-order valence-electron chi connectivity index (χ4n) is 4.34. The molecule has 1 N–H and O–H groups in total. The largest absolute Gasteiger partial charge is 0.485 e. The number of fused-ring (bicyclic) bond motifs is 1. The van der Waals surface area contributed by atoms with Crippen molar-refractivity contribution in [2.24, 2.45) is 0 Å². The molecule has 0 bridgehead atoms. The van der Waals surface area contributed by atoms with Crippen LogP contribution >= 0.6 is 0 Å². The van der Waals surface area contributed by atoms with Crippen molar-refractivity contribution in [1.29, 1.82) is 0 Å². The molecule has 5 rings (SSSR count). The summed E-state index contributed by atoms with van der Waals surface area (Å²) in [6.07, 6.45) is 7.48. The normalized spacial score (nSPS) is 11.5. The number of ether oxygens (including phenoxy) is 3. The lowest BCUT2D eigenvalue weighted by Crippen LogP contribution is -2.10. The summed E-state index contributed by atoms with van der Waals surface area (Å²) < 4.78 is 48.3. The average molecular weight is 738 g/mol. The van der Waals surface area contributed by atoms with Gasteiger partial charge in [0, 0.05) is 28.2 Å². The van der Waals surface area contributed by atoms with E-state index in [9.17, 15) is 9.00 Å². The molecular formula is C38H52FN7O5S. The molecule has 3 heterocycles. The maximum absolute atomic E-state index is 15.2. The fraction of sp³-hybridized carbons (Fsp3) is 0.395. The SMILES string of the molecule is C=CCC.CC.CC.CCOC(=O)c1cccc(S(=O)c2ccc(Nc3nc4c(OC(C)C)c(-c5cnn(C(C)OCC)c5)ncn4n3)c(F)c2)c1. The summed E-state index contributed by atoms with van der Waals surface area (Å²) in [5, 5.41) is 11.7. The van der Waals surface area contributed by atoms with Crippen molar-refractivity contribution >= 4 is 34.1 Å². The second-order valence-electron chi connectivity index (χ2n) is 10.5. The number of allylic oxidation sites excluding steroid dienone is 1. The van der Waals surface area contributed by atoms with Crippen molar-refractivity contribution in [3.63, 3.8) is 0 Å². The first kappa shape index (κ1) is 43.2. The van der Waals surface area contributed by atoms with Gasteiger partial charge in [0.2, 0.25) is 11.6 Å². The van der Waals surface area contributed by atoms with E-state index >= 15 is 4.39 Å². The van der Waals surface area contributed by atoms with Crippen LogP contribution < -0.4 is 10.1 Å². The molecule has 2 aromatic carbocycles. The Bertz CT molecular complexity index is 1890. The fourth-order valence-corrected chi connectivity index (χ4v) is 5.45. The minimum Gasteiger partial charge on any atom is -0.485 e. The zero-order valence-electron chi connectivity index (χ0n) is 31.8. The molecule has 14 heteroatoms. The van der Waals surface area contributed by atoms with Crippen LogP contribution in [0.3, 0.4) is 0 Å². The van der Waals surface area contributed by atoms with Gasteiger partial charge in [0.05, 0.1) is 41.0 Å². The Labute approximate surface area is 308 Å². The first-order valence-electron chi connectivity index (χ1n) is 17.5. The smallest absolute Gasteiger partial charge is 0.338 e. The number of benzene rings is 2. The summed E-state index contributed by atoms with van der Waals surface area (Å²) in [5.41, 5.74) is 1.94. The van der Waals surface area contributed by atoms with Crippen LogP contribution in [0.25, 0.3) is 16.9 Å². The van der Waals surface area contributed by atoms with Gasteiger partial charge < -0.3 is 19.5 Å². The second kappa shape index (κ2) is 22.1. The third-order valence-electron chi connectivity index (χ3n) is 6.60. The Morgan fingerprint density at radius 3 is 2.35 bits per heavy atom. The van der Waals surface area contributed by atoms with Crippen molar-refractivity contribution in [3.8, 4) is 17.0 Å². The van der Waals surface area contributed by atoms with E-state index in [1.54, 1.807) is 36.0 Å². The highest BCUT2D eigenvalue weighted by molar-refractivity contribution is 7.85. The number of anilines is 2. The molecule has 0 aliphatic carbocycles. The van der Waals surface area contributed by atoms with Gasteiger partial charge in [-0.05, 0) is 77.4 Å². The Hall–Kier alpha value is -4.95. The van der Waals surface area contributed by atoms with E-state index in [1.807, 2.05) is 67.7 Å². The molecule has 2 unspecified atom stereocenters. The first-order chi connectivity index (χ1) is 25.1. The van der Waals surface area contributed by atoms with Gasteiger partial charge in [-0.2, -0.15) is 14.6 Å². The number of rotatable bonds is 13. The van der Waals surface area contributed by atoms with Crippen molar-refractivity contribution in [3.05, 3.63) is 85.2 Å². The van der Waals surface area contributed by atoms with Gasteiger partial charge in [0.15, 0.2) is 5.75 Å². The zero-order valence-corrected chi connectivity index (χ0v) is 32.7. The number of hydrogen-bond acceptors (Lipinski definition) is 10. The maximum atomic E-state index is 15.2. The van der Waals surface area contributed by atoms with Crippen molar-refractivity contribution in [2.75, 3.05) is 18.5 Å². The molecule has 0 fully saturated rings. The number of nitrogens with one attached hydrogen (secondary N) is 1. The van der Waals surface area contributed by atoms with Crippen LogP contribution in [0.5, 0.6) is 5.75 Å². The Morgan fingerprint density at radius 1 is 1.04 bits per heavy atom. The molecule has 0 spiro atoms. The van der Waals surface area contributed by atoms with Crippen molar-refractivity contribution in [1.82, 2.24) is 29.4 Å². The van der Waals surface area contributed by atoms with Crippen molar-refractivity contribution < 1.29 is 27.6 Å². The van der Waals surface area contributed by atoms with E-state index < -0.39 is 22.6 Å². The molecule has 0 saturated carbocycles. The minimum atomic E-state index is -1.74. The highest BCUT2D eigenvalue weighted by atomic mass is 32.2. The molecule has 2 atom stereocenters. The molecule has 0 amide bonds. The van der Waals surface area contributed by atoms with Gasteiger partial charge >= 0.3 is 5.97 Å². The lowest BCUT2D eigenvalue weighted by atomic mass is 10.2. The lowest BCUT2D eigenvalue weighted by molar-refractivity contribution is 0.0160. The highest BCUT2D eigenvalue weighted by Gasteiger charge is 2.21. The van der Waals surface area contributed by atoms with E-state index in [0.717, 1.165) is 6.42 Å². The van der Waals surface area contributed by atoms with Gasteiger partial charge in [-0.3, -0.25) is 0 Å². The number of aromatic nitrogens is 6. The lowest BCUT2D eigenvalue weighted by Gasteiger charge is -2.13. The number of hydrogen-bond donors (Lipinski definition) is 1. The minimum absolute atomic E-state index is 0.0765. The Kier molecular flexibility index (Phi) is 18.4. The zero-order chi connectivity index (χ0) is 38.8. The molecule has 0 saturated heterocycles. The molecule has 12 nitrogen and oxygen atoms in total. The molecule has 5 aromatic rings. The molecule has 3 aromatic heterocycles. The third kappa shape index (κ3) is 11.5. The Balaban J connectivity index is 0.00000108. The number of carbonyl (C=O) groups excluding carboxylic acids is 1. The van der Waals surface area contributed by atoms with E-state index in [0.29, 0.717) is 34.2 Å². The topological polar surface area (TPSA) is 135 Å². The van der Waals surface area contributed by atoms with Gasteiger partial charge in [-0.25, -0.2) is 23.1 Å². The molecule has 282 valence electrons. The van der Waals surface area contributed by atoms with Crippen LogP contribution in [0.1, 0.15) is 92.2 Å². The van der Waals surface area contributed by atoms with Crippen LogP contribution in [0.4, 0.5) is 16.0 Å². The number of halogens is 1. The van der Waals surface area contributed by atoms with Gasteiger partial charge in [0.25, 0.3) is 0 Å². The third-order valence-corrected chi connectivity index (χ3v) is 7.97. The van der Waals surface area contributed by atoms with Gasteiger partial charge in [0.1, 0.15) is 24.1 Å². The first-order valence-corrected chi connectivity index (χ1v) is 18.7. The van der Waals surface area contributed by atoms with Crippen LogP contribution in [-0.2, 0) is 20.3 Å². The van der Waals surface area contributed by atoms with Crippen LogP contribution in [0, 0.1) is 5.82 Å². The molecule has 0 radical (unpaired) electrons. The summed E-state index contributed by atoms with van der Waals surface area (Å²) >= 11 is 0. The van der Waals surface area contributed by atoms with Crippen LogP contribution in [-0.4, -0.2) is 58.9 Å². The van der Waals surface area contributed by atoms with E-state index in [2.05, 4.69) is 39.0 Å². The van der Waals surface area contributed by atoms with Crippen LogP contribution in [0.15, 0.2) is 83.6 Å². The summed E-state index contributed by atoms with van der Waals surface area (Å²) in [6, 6.07) is 10.4. The van der Waals surface area contributed by atoms with Crippen LogP contribution in [0.2, 0.25) is 0 Å². The highest BCUT2D eigenvalue weighted by Crippen LogP contribution is 2.33. The maximum Gasteiger partial charge on any atom is 0.338 e. The predicted molar refractivity (Wildman–Crippen MR) is 204 cm³/mol. The van der Waals surface area contributed by atoms with Gasteiger partial charge in [-0.15, -0.1) is 11.7 Å². The van der Waals surface area contributed by atoms with E-state index in [4.69, 9.17) is 14.2 Å².